The van der Waals surface area contributed by atoms with Crippen LogP contribution in [0.1, 0.15) is 78.1 Å². The highest BCUT2D eigenvalue weighted by Crippen LogP contribution is 2.34. The van der Waals surface area contributed by atoms with Gasteiger partial charge in [-0.3, -0.25) is 9.59 Å². The lowest BCUT2D eigenvalue weighted by molar-refractivity contribution is 0.0914. The number of nitrogens with zero attached hydrogens (tertiary/aromatic N) is 1. The number of Topliss-reactive ketones (excluding diaryl/α,β-unsaturated/α-hetero) is 1. The summed E-state index contributed by atoms with van der Waals surface area (Å²) in [5, 5.41) is 6.52. The molecule has 2 N–H and O–H groups in total. The molecule has 0 spiro atoms. The number of aromatic nitrogens is 1. The summed E-state index contributed by atoms with van der Waals surface area (Å²) in [5.74, 6) is 3.04. The van der Waals surface area contributed by atoms with Gasteiger partial charge < -0.3 is 24.8 Å². The van der Waals surface area contributed by atoms with Gasteiger partial charge in [-0.15, -0.1) is 0 Å². The molecule has 1 aliphatic carbocycles. The van der Waals surface area contributed by atoms with Crippen LogP contribution in [0.2, 0.25) is 0 Å². The highest BCUT2D eigenvalue weighted by atomic mass is 32.2. The number of hydrogen-bond donors (Lipinski definition) is 2. The van der Waals surface area contributed by atoms with Gasteiger partial charge in [-0.25, -0.2) is 9.37 Å². The zero-order chi connectivity index (χ0) is 31.9. The lowest BCUT2D eigenvalue weighted by atomic mass is 9.82. The zero-order valence-electron chi connectivity index (χ0n) is 26.2. The van der Waals surface area contributed by atoms with Crippen molar-refractivity contribution in [2.24, 2.45) is 5.92 Å². The van der Waals surface area contributed by atoms with Crippen molar-refractivity contribution in [2.75, 3.05) is 18.1 Å². The van der Waals surface area contributed by atoms with Gasteiger partial charge in [0.05, 0.1) is 30.0 Å². The average Bonchev–Trinajstić information content (AvgIpc) is 3.85. The Balaban J connectivity index is 0.976. The van der Waals surface area contributed by atoms with Gasteiger partial charge in [0.1, 0.15) is 30.0 Å². The van der Waals surface area contributed by atoms with E-state index in [4.69, 9.17) is 14.2 Å². The summed E-state index contributed by atoms with van der Waals surface area (Å²) in [5.41, 5.74) is 1.79. The first kappa shape index (κ1) is 32.3. The van der Waals surface area contributed by atoms with Crippen molar-refractivity contribution >= 4 is 23.5 Å². The molecule has 1 aromatic heterocycles. The van der Waals surface area contributed by atoms with E-state index in [2.05, 4.69) is 15.6 Å². The van der Waals surface area contributed by atoms with Gasteiger partial charge in [0.25, 0.3) is 5.91 Å². The van der Waals surface area contributed by atoms with Crippen molar-refractivity contribution < 1.29 is 28.2 Å². The average molecular weight is 648 g/mol. The van der Waals surface area contributed by atoms with E-state index in [0.717, 1.165) is 68.2 Å². The second-order valence-electron chi connectivity index (χ2n) is 12.3. The van der Waals surface area contributed by atoms with Crippen LogP contribution in [0.25, 0.3) is 0 Å². The van der Waals surface area contributed by atoms with Crippen LogP contribution in [0.15, 0.2) is 60.8 Å². The summed E-state index contributed by atoms with van der Waals surface area (Å²) in [6.07, 6.45) is 7.46. The summed E-state index contributed by atoms with van der Waals surface area (Å²) in [7, 11) is 0. The molecule has 3 heterocycles. The summed E-state index contributed by atoms with van der Waals surface area (Å²) in [6, 6.07) is 16.3. The van der Waals surface area contributed by atoms with Crippen LogP contribution in [0.4, 0.5) is 4.39 Å². The number of carbonyl (C=O) groups excluding carboxylic acids is 2. The highest BCUT2D eigenvalue weighted by Gasteiger charge is 2.45. The quantitative estimate of drug-likeness (QED) is 0.163. The summed E-state index contributed by atoms with van der Waals surface area (Å²) < 4.78 is 31.9. The Morgan fingerprint density at radius 2 is 1.76 bits per heavy atom. The van der Waals surface area contributed by atoms with Crippen LogP contribution in [-0.4, -0.2) is 59.0 Å². The lowest BCUT2D eigenvalue weighted by Crippen LogP contribution is -2.38. The second-order valence-corrected chi connectivity index (χ2v) is 13.6. The molecule has 1 amide bonds. The van der Waals surface area contributed by atoms with Gasteiger partial charge in [-0.05, 0) is 93.1 Å². The first-order valence-corrected chi connectivity index (χ1v) is 17.6. The Kier molecular flexibility index (Phi) is 10.8. The topological polar surface area (TPSA) is 109 Å². The smallest absolute Gasteiger partial charge is 0.255 e. The Morgan fingerprint density at radius 3 is 2.52 bits per heavy atom. The molecule has 244 valence electrons. The third kappa shape index (κ3) is 8.39. The number of amides is 1. The normalized spacial score (nSPS) is 22.9. The molecule has 0 bridgehead atoms. The number of nitrogens with one attached hydrogen (secondary N) is 2. The molecule has 3 aliphatic rings. The minimum atomic E-state index is -0.534. The molecule has 2 saturated heterocycles. The van der Waals surface area contributed by atoms with E-state index in [1.807, 2.05) is 55.1 Å². The minimum absolute atomic E-state index is 0.00783. The molecule has 2 aliphatic heterocycles. The summed E-state index contributed by atoms with van der Waals surface area (Å²) >= 11 is 1.89. The van der Waals surface area contributed by atoms with Crippen LogP contribution in [-0.2, 0) is 6.61 Å². The predicted molar refractivity (Wildman–Crippen MR) is 176 cm³/mol. The van der Waals surface area contributed by atoms with E-state index in [-0.39, 0.29) is 47.4 Å². The maximum Gasteiger partial charge on any atom is 0.255 e. The standard InChI is InChI=1S/C36H42FN3O5S/c1-2-43-32-20-28(44-22-24-6-4-3-5-7-24)12-13-29(32)35(42)39-26-10-8-23(9-11-26)18-31-33(40-31)34(41)30-19-25(37)21-38-36(30)45-27-14-16-46-17-15-27/h3-7,12-13,19-21,23,26-27,31,33,40H,2,8-11,14-18,22H2,1H3,(H,39,42). The zero-order valence-corrected chi connectivity index (χ0v) is 27.0. The Hall–Kier alpha value is -3.63. The monoisotopic (exact) mass is 647 g/mol. The molecular formula is C36H42FN3O5S. The molecule has 0 radical (unpaired) electrons. The number of hydrogen-bond acceptors (Lipinski definition) is 8. The number of halogens is 1. The van der Waals surface area contributed by atoms with Crippen LogP contribution in [0.3, 0.4) is 0 Å². The van der Waals surface area contributed by atoms with Crippen LogP contribution in [0.5, 0.6) is 17.4 Å². The third-order valence-corrected chi connectivity index (χ3v) is 10.1. The number of pyridine rings is 1. The summed E-state index contributed by atoms with van der Waals surface area (Å²) in [4.78, 5) is 30.8. The largest absolute Gasteiger partial charge is 0.493 e. The van der Waals surface area contributed by atoms with Crippen molar-refractivity contribution in [3.05, 3.63) is 83.3 Å². The number of ketones is 1. The number of ether oxygens (including phenoxy) is 3. The van der Waals surface area contributed by atoms with Gasteiger partial charge in [-0.1, -0.05) is 30.3 Å². The van der Waals surface area contributed by atoms with Crippen molar-refractivity contribution in [1.82, 2.24) is 15.6 Å². The van der Waals surface area contributed by atoms with Crippen molar-refractivity contribution in [2.45, 2.75) is 82.7 Å². The van der Waals surface area contributed by atoms with Gasteiger partial charge in [0, 0.05) is 18.2 Å². The molecule has 46 heavy (non-hydrogen) atoms. The highest BCUT2D eigenvalue weighted by molar-refractivity contribution is 7.99. The Labute approximate surface area is 274 Å². The maximum atomic E-state index is 14.1. The summed E-state index contributed by atoms with van der Waals surface area (Å²) in [6.45, 7) is 2.77. The molecule has 3 aromatic rings. The molecule has 8 nitrogen and oxygen atoms in total. The second kappa shape index (κ2) is 15.3. The van der Waals surface area contributed by atoms with E-state index in [0.29, 0.717) is 36.2 Å². The SMILES string of the molecule is CCOc1cc(OCc2ccccc2)ccc1C(=O)NC1CCC(CC2NC2C(=O)c2cc(F)cnc2OC2CCSCC2)CC1. The van der Waals surface area contributed by atoms with E-state index >= 15 is 0 Å². The molecule has 6 rings (SSSR count). The Bertz CT molecular complexity index is 1490. The molecule has 10 heteroatoms. The number of carbonyl (C=O) groups is 2. The van der Waals surface area contributed by atoms with Crippen LogP contribution >= 0.6 is 11.8 Å². The van der Waals surface area contributed by atoms with Gasteiger partial charge >= 0.3 is 0 Å². The third-order valence-electron chi connectivity index (χ3n) is 9.01. The first-order chi connectivity index (χ1) is 22.5. The molecular weight excluding hydrogens is 605 g/mol. The first-order valence-electron chi connectivity index (χ1n) is 16.4. The number of thioether (sulfide) groups is 1. The molecule has 1 saturated carbocycles. The molecule has 2 aromatic carbocycles. The Morgan fingerprint density at radius 1 is 0.978 bits per heavy atom. The van der Waals surface area contributed by atoms with Crippen LogP contribution < -0.4 is 24.8 Å². The van der Waals surface area contributed by atoms with E-state index in [1.165, 1.54) is 6.07 Å². The van der Waals surface area contributed by atoms with Gasteiger partial charge in [0.15, 0.2) is 5.78 Å². The van der Waals surface area contributed by atoms with E-state index in [9.17, 15) is 14.0 Å². The molecule has 3 fully saturated rings. The fraction of sp³-hybridized carbons (Fsp3) is 0.472. The van der Waals surface area contributed by atoms with E-state index < -0.39 is 5.82 Å². The fourth-order valence-electron chi connectivity index (χ4n) is 6.41. The van der Waals surface area contributed by atoms with Crippen molar-refractivity contribution in [1.29, 1.82) is 0 Å². The van der Waals surface area contributed by atoms with Gasteiger partial charge in [0.2, 0.25) is 5.88 Å². The molecule has 2 atom stereocenters. The van der Waals surface area contributed by atoms with Crippen molar-refractivity contribution in [3.63, 3.8) is 0 Å². The van der Waals surface area contributed by atoms with Gasteiger partial charge in [-0.2, -0.15) is 11.8 Å². The lowest BCUT2D eigenvalue weighted by Gasteiger charge is -2.29. The maximum absolute atomic E-state index is 14.1. The number of rotatable bonds is 13. The van der Waals surface area contributed by atoms with Crippen LogP contribution in [0, 0.1) is 11.7 Å². The fourth-order valence-corrected chi connectivity index (χ4v) is 7.48. The molecule has 2 unspecified atom stereocenters. The van der Waals surface area contributed by atoms with E-state index in [1.54, 1.807) is 12.1 Å². The number of benzene rings is 2. The predicted octanol–water partition coefficient (Wildman–Crippen LogP) is 6.37. The minimum Gasteiger partial charge on any atom is -0.493 e. The van der Waals surface area contributed by atoms with Crippen molar-refractivity contribution in [3.8, 4) is 17.4 Å².